The summed E-state index contributed by atoms with van der Waals surface area (Å²) in [5.41, 5.74) is 5.63. The number of carboxylic acid groups (broad SMARTS) is 5. The molecule has 29 atom stereocenters. The molecule has 0 aromatic carbocycles. The molecule has 4 saturated heterocycles. The Labute approximate surface area is 672 Å². The number of aliphatic carboxylic acids is 5. The smallest absolute Gasteiger partial charge is 0.326 e. The molecular formula is C68H110N12O38. The van der Waals surface area contributed by atoms with Gasteiger partial charge in [0, 0.05) is 40.5 Å². The molecule has 4 aliphatic heterocycles. The lowest BCUT2D eigenvalue weighted by Crippen LogP contribution is -2.68. The molecule has 0 aromatic heterocycles. The van der Waals surface area contributed by atoms with Gasteiger partial charge in [-0.15, -0.1) is 0 Å². The van der Waals surface area contributed by atoms with E-state index in [1.807, 2.05) is 0 Å². The lowest BCUT2D eigenvalue weighted by Gasteiger charge is -2.47. The highest BCUT2D eigenvalue weighted by atomic mass is 16.8. The molecule has 29 unspecified atom stereocenters. The SMILES string of the molecule is CC(=O)NC(CO)C(OC(C)C(=O)NC(C)C(=O)NC(CCC(=O)NC(CCCC(N)C(=O)O)C(=O)NC(CCCC(NC(=O)CCC(NC(=O)C(C)NC(=O)C(C)OC1C(NC(C)=O)C2OCC(O2)C1OC1OC(CO)C(O)C(O)C1NC(C)=O)C(=O)O)C(=O)O)C(=O)O)C(=O)O)C(OC1OC(CO)C(O)C(O)C1NC(C)=O)C(O)CO. The van der Waals surface area contributed by atoms with Gasteiger partial charge in [-0.2, -0.15) is 0 Å². The molecule has 4 aliphatic rings. The van der Waals surface area contributed by atoms with Crippen LogP contribution in [0.3, 0.4) is 0 Å². The molecule has 4 heterocycles. The van der Waals surface area contributed by atoms with Crippen LogP contribution in [0.15, 0.2) is 0 Å². The van der Waals surface area contributed by atoms with Gasteiger partial charge in [-0.3, -0.25) is 57.5 Å². The van der Waals surface area contributed by atoms with E-state index in [4.69, 9.17) is 43.6 Å². The van der Waals surface area contributed by atoms with Gasteiger partial charge in [0.1, 0.15) is 152 Å². The fraction of sp³-hybridized carbons (Fsp3) is 0.765. The number of carbonyl (C=O) groups is 16. The maximum atomic E-state index is 13.8. The zero-order valence-corrected chi connectivity index (χ0v) is 65.5. The topological polar surface area (TPSA) is 789 Å². The standard InChI is InChI=1S/C68H110N12O38/c1-24(70-58(98)26(3)112-52(38(19-81)72-28(5)85)53(39(89)20-82)117-67-45(73-29(6)86)50(94)48(92)40(21-83)114-67)56(96)78-36(64(107)108)15-17-43(90)76-33(12-9-11-32(69)61(101)102)60(100)80-35(63(105)106)14-10-13-34(62(103)104)77-44(91)18-16-37(65(109)110)79-57(97)25(2)71-59(99)27(4)113-55-47(75-31(8)88)66-111-23-42(116-66)54(55)118-68-46(74-30(7)87)51(95)49(93)41(22-84)115-68/h24-27,32-42,45-55,66-68,81-84,89,92-95H,9-23,69H2,1-8H3,(H,70,98)(H,71,99)(H,72,85)(H,73,86)(H,74,87)(H,75,88)(H,76,90)(H,77,91)(H,78,96)(H,79,97)(H,80,100)(H,101,102)(H,103,104)(H,105,106)(H,107,108)(H,109,110). The molecule has 0 radical (unpaired) electrons. The van der Waals surface area contributed by atoms with Crippen molar-refractivity contribution >= 4 is 94.8 Å². The normalized spacial score (nSPS) is 27.0. The minimum Gasteiger partial charge on any atom is -0.480 e. The van der Waals surface area contributed by atoms with Crippen molar-refractivity contribution in [3.8, 4) is 0 Å². The summed E-state index contributed by atoms with van der Waals surface area (Å²) in [4.78, 5) is 205. The average Bonchev–Trinajstić information content (AvgIpc) is 1.53. The van der Waals surface area contributed by atoms with Crippen molar-refractivity contribution in [2.24, 2.45) is 5.73 Å². The molecule has 0 saturated carbocycles. The molecule has 118 heavy (non-hydrogen) atoms. The Balaban J connectivity index is 1.37. The number of amides is 11. The van der Waals surface area contributed by atoms with Crippen molar-refractivity contribution in [2.45, 2.75) is 296 Å². The van der Waals surface area contributed by atoms with Crippen LogP contribution in [0.4, 0.5) is 0 Å². The Kier molecular flexibility index (Phi) is 41.3. The first-order valence-corrected chi connectivity index (χ1v) is 37.4. The maximum Gasteiger partial charge on any atom is 0.326 e. The number of fused-ring (bicyclic) bond motifs is 2. The Hall–Kier alpha value is -9.20. The van der Waals surface area contributed by atoms with Gasteiger partial charge in [0.2, 0.25) is 65.0 Å². The largest absolute Gasteiger partial charge is 0.480 e. The number of hydrogen-bond donors (Lipinski definition) is 26. The molecule has 11 amide bonds. The van der Waals surface area contributed by atoms with Crippen molar-refractivity contribution in [3.05, 3.63) is 0 Å². The molecule has 4 rings (SSSR count). The van der Waals surface area contributed by atoms with Crippen LogP contribution in [0, 0.1) is 0 Å². The van der Waals surface area contributed by atoms with Crippen LogP contribution in [0.25, 0.3) is 0 Å². The van der Waals surface area contributed by atoms with Crippen LogP contribution in [0.2, 0.25) is 0 Å². The molecule has 2 bridgehead atoms. The molecule has 670 valence electrons. The van der Waals surface area contributed by atoms with Crippen LogP contribution in [0.1, 0.15) is 120 Å². The van der Waals surface area contributed by atoms with Gasteiger partial charge >= 0.3 is 29.8 Å². The van der Waals surface area contributed by atoms with Crippen LogP contribution >= 0.6 is 0 Å². The summed E-state index contributed by atoms with van der Waals surface area (Å²) in [5, 5.41) is 169. The van der Waals surface area contributed by atoms with E-state index in [1.54, 1.807) is 0 Å². The molecule has 0 aliphatic carbocycles. The lowest BCUT2D eigenvalue weighted by molar-refractivity contribution is -0.313. The quantitative estimate of drug-likeness (QED) is 0.0269. The first-order valence-electron chi connectivity index (χ1n) is 37.4. The summed E-state index contributed by atoms with van der Waals surface area (Å²) in [7, 11) is 0. The number of hydrogen-bond acceptors (Lipinski definition) is 34. The van der Waals surface area contributed by atoms with Gasteiger partial charge in [0.25, 0.3) is 0 Å². The third-order valence-electron chi connectivity index (χ3n) is 19.1. The number of ether oxygens (including phenoxy) is 8. The Morgan fingerprint density at radius 1 is 0.432 bits per heavy atom. The Bertz CT molecular complexity index is 3460. The number of aliphatic hydroxyl groups excluding tert-OH is 9. The van der Waals surface area contributed by atoms with E-state index in [9.17, 15) is 148 Å². The number of nitrogens with two attached hydrogens (primary N) is 1. The molecule has 50 heteroatoms. The Morgan fingerprint density at radius 2 is 0.856 bits per heavy atom. The predicted octanol–water partition coefficient (Wildman–Crippen LogP) is -12.6. The number of rotatable bonds is 50. The monoisotopic (exact) mass is 1700 g/mol. The van der Waals surface area contributed by atoms with Gasteiger partial charge in [0.15, 0.2) is 18.9 Å². The second kappa shape index (κ2) is 48.2. The molecular weight excluding hydrogens is 1590 g/mol. The highest BCUT2D eigenvalue weighted by molar-refractivity contribution is 5.94. The summed E-state index contributed by atoms with van der Waals surface area (Å²) < 4.78 is 47.1. The second-order valence-corrected chi connectivity index (χ2v) is 28.5. The minimum absolute atomic E-state index is 0.185. The van der Waals surface area contributed by atoms with Gasteiger partial charge in [-0.05, 0) is 79.1 Å². The van der Waals surface area contributed by atoms with Gasteiger partial charge in [-0.1, -0.05) is 0 Å². The predicted molar refractivity (Wildman–Crippen MR) is 386 cm³/mol. The van der Waals surface area contributed by atoms with Gasteiger partial charge < -0.3 is 174 Å². The van der Waals surface area contributed by atoms with E-state index < -0.39 is 349 Å². The third kappa shape index (κ3) is 30.6. The fourth-order valence-corrected chi connectivity index (χ4v) is 12.8. The maximum absolute atomic E-state index is 13.8. The summed E-state index contributed by atoms with van der Waals surface area (Å²) in [6.45, 7) is 4.64. The van der Waals surface area contributed by atoms with E-state index in [-0.39, 0.29) is 19.4 Å². The van der Waals surface area contributed by atoms with Crippen molar-refractivity contribution in [1.29, 1.82) is 0 Å². The summed E-state index contributed by atoms with van der Waals surface area (Å²) in [6, 6.07) is -19.8. The zero-order chi connectivity index (χ0) is 89.0. The minimum atomic E-state index is -2.06. The number of carbonyl (C=O) groups excluding carboxylic acids is 11. The molecule has 0 spiro atoms. The van der Waals surface area contributed by atoms with Gasteiger partial charge in [-0.25, -0.2) is 19.2 Å². The lowest BCUT2D eigenvalue weighted by atomic mass is 9.95. The number of nitrogens with one attached hydrogen (secondary N) is 11. The summed E-state index contributed by atoms with van der Waals surface area (Å²) in [5.74, 6) is -19.1. The van der Waals surface area contributed by atoms with Crippen molar-refractivity contribution in [3.63, 3.8) is 0 Å². The van der Waals surface area contributed by atoms with Crippen LogP contribution in [0.5, 0.6) is 0 Å². The van der Waals surface area contributed by atoms with E-state index in [2.05, 4.69) is 58.5 Å². The van der Waals surface area contributed by atoms with Crippen molar-refractivity contribution < 1.29 is 186 Å². The summed E-state index contributed by atoms with van der Waals surface area (Å²) in [6.07, 6.45) is -33.4. The van der Waals surface area contributed by atoms with Crippen LogP contribution in [-0.4, -0.2) is 376 Å². The number of aliphatic hydroxyl groups is 9. The van der Waals surface area contributed by atoms with E-state index in [0.29, 0.717) is 0 Å². The van der Waals surface area contributed by atoms with Crippen molar-refractivity contribution in [2.75, 3.05) is 33.0 Å². The van der Waals surface area contributed by atoms with Crippen molar-refractivity contribution in [1.82, 2.24) is 58.5 Å². The number of carboxylic acids is 5. The van der Waals surface area contributed by atoms with E-state index in [0.717, 1.165) is 48.5 Å². The molecule has 4 fully saturated rings. The first kappa shape index (κ1) is 101. The second-order valence-electron chi connectivity index (χ2n) is 28.5. The fourth-order valence-electron chi connectivity index (χ4n) is 12.8. The first-order chi connectivity index (χ1) is 55.3. The average molecular weight is 1700 g/mol. The highest BCUT2D eigenvalue weighted by Crippen LogP contribution is 2.36. The van der Waals surface area contributed by atoms with E-state index >= 15 is 0 Å². The zero-order valence-electron chi connectivity index (χ0n) is 65.5. The van der Waals surface area contributed by atoms with Crippen LogP contribution < -0.4 is 64.2 Å². The molecule has 50 nitrogen and oxygen atoms in total. The molecule has 0 aromatic rings. The Morgan fingerprint density at radius 3 is 1.31 bits per heavy atom. The summed E-state index contributed by atoms with van der Waals surface area (Å²) >= 11 is 0. The highest BCUT2D eigenvalue weighted by Gasteiger charge is 2.57. The van der Waals surface area contributed by atoms with E-state index in [1.165, 1.54) is 6.92 Å². The molecule has 27 N–H and O–H groups in total. The van der Waals surface area contributed by atoms with Crippen LogP contribution in [-0.2, 0) is 115 Å². The third-order valence-corrected chi connectivity index (χ3v) is 19.1. The van der Waals surface area contributed by atoms with Gasteiger partial charge in [0.05, 0.1) is 39.1 Å².